The van der Waals surface area contributed by atoms with Gasteiger partial charge in [0, 0.05) is 24.9 Å². The molecule has 5 heteroatoms. The Bertz CT molecular complexity index is 403. The highest BCUT2D eigenvalue weighted by molar-refractivity contribution is 5.80. The summed E-state index contributed by atoms with van der Waals surface area (Å²) in [5.74, 6) is -0.868. The number of hydrogen-bond acceptors (Lipinski definition) is 5. The molecular weight excluding hydrogens is 234 g/mol. The van der Waals surface area contributed by atoms with Crippen LogP contribution in [0.1, 0.15) is 32.4 Å². The van der Waals surface area contributed by atoms with Gasteiger partial charge in [0.25, 0.3) is 0 Å². The molecular formula is C13H17NO4. The van der Waals surface area contributed by atoms with E-state index in [4.69, 9.17) is 9.47 Å². The van der Waals surface area contributed by atoms with E-state index in [1.807, 2.05) is 13.8 Å². The molecule has 0 bridgehead atoms. The topological polar surface area (TPSA) is 65.5 Å². The van der Waals surface area contributed by atoms with Gasteiger partial charge in [0.15, 0.2) is 0 Å². The third-order valence-corrected chi connectivity index (χ3v) is 2.07. The number of rotatable bonds is 5. The SMILES string of the molecule is CC(=O)OC(C(=O)OCC(C)C)c1ccncc1. The first-order valence-electron chi connectivity index (χ1n) is 5.74. The monoisotopic (exact) mass is 251 g/mol. The Hall–Kier alpha value is -1.91. The minimum atomic E-state index is -1.02. The van der Waals surface area contributed by atoms with Crippen LogP contribution in [-0.4, -0.2) is 23.5 Å². The summed E-state index contributed by atoms with van der Waals surface area (Å²) in [6.07, 6.45) is 2.03. The van der Waals surface area contributed by atoms with E-state index >= 15 is 0 Å². The second-order valence-electron chi connectivity index (χ2n) is 4.29. The zero-order valence-electron chi connectivity index (χ0n) is 10.8. The first-order valence-corrected chi connectivity index (χ1v) is 5.74. The Morgan fingerprint density at radius 3 is 2.39 bits per heavy atom. The molecule has 0 aliphatic carbocycles. The molecule has 0 fully saturated rings. The van der Waals surface area contributed by atoms with Crippen LogP contribution in [0, 0.1) is 5.92 Å². The van der Waals surface area contributed by atoms with Crippen molar-refractivity contribution in [1.29, 1.82) is 0 Å². The average Bonchev–Trinajstić information content (AvgIpc) is 2.34. The van der Waals surface area contributed by atoms with Crippen molar-refractivity contribution in [1.82, 2.24) is 4.98 Å². The molecule has 98 valence electrons. The largest absolute Gasteiger partial charge is 0.462 e. The fraction of sp³-hybridized carbons (Fsp3) is 0.462. The molecule has 0 spiro atoms. The van der Waals surface area contributed by atoms with Gasteiger partial charge in [-0.05, 0) is 18.1 Å². The zero-order valence-corrected chi connectivity index (χ0v) is 10.8. The molecule has 1 aromatic heterocycles. The van der Waals surface area contributed by atoms with E-state index in [9.17, 15) is 9.59 Å². The van der Waals surface area contributed by atoms with Crippen molar-refractivity contribution in [3.8, 4) is 0 Å². The van der Waals surface area contributed by atoms with Gasteiger partial charge in [-0.15, -0.1) is 0 Å². The van der Waals surface area contributed by atoms with E-state index in [1.54, 1.807) is 12.1 Å². The molecule has 0 aliphatic rings. The number of aromatic nitrogens is 1. The summed E-state index contributed by atoms with van der Waals surface area (Å²) < 4.78 is 10.1. The Balaban J connectivity index is 2.78. The van der Waals surface area contributed by atoms with E-state index in [-0.39, 0.29) is 5.92 Å². The fourth-order valence-electron chi connectivity index (χ4n) is 1.28. The minimum Gasteiger partial charge on any atom is -0.462 e. The second kappa shape index (κ2) is 6.74. The molecule has 1 aromatic rings. The maximum atomic E-state index is 11.9. The third-order valence-electron chi connectivity index (χ3n) is 2.07. The number of carbonyl (C=O) groups is 2. The van der Waals surface area contributed by atoms with Crippen molar-refractivity contribution in [3.63, 3.8) is 0 Å². The van der Waals surface area contributed by atoms with Crippen LogP contribution < -0.4 is 0 Å². The van der Waals surface area contributed by atoms with Crippen molar-refractivity contribution < 1.29 is 19.1 Å². The number of esters is 2. The summed E-state index contributed by atoms with van der Waals surface area (Å²) in [5.41, 5.74) is 0.550. The van der Waals surface area contributed by atoms with E-state index in [0.29, 0.717) is 12.2 Å². The number of hydrogen-bond donors (Lipinski definition) is 0. The van der Waals surface area contributed by atoms with E-state index in [2.05, 4.69) is 4.98 Å². The lowest BCUT2D eigenvalue weighted by Crippen LogP contribution is -2.22. The van der Waals surface area contributed by atoms with E-state index < -0.39 is 18.0 Å². The summed E-state index contributed by atoms with van der Waals surface area (Å²) in [6.45, 7) is 5.41. The van der Waals surface area contributed by atoms with Crippen LogP contribution in [0.5, 0.6) is 0 Å². The Labute approximate surface area is 106 Å². The van der Waals surface area contributed by atoms with Crippen LogP contribution in [-0.2, 0) is 19.1 Å². The Morgan fingerprint density at radius 2 is 1.89 bits per heavy atom. The maximum absolute atomic E-state index is 11.9. The summed E-state index contributed by atoms with van der Waals surface area (Å²) in [6, 6.07) is 3.23. The van der Waals surface area contributed by atoms with Crippen molar-refractivity contribution in [3.05, 3.63) is 30.1 Å². The molecule has 1 atom stereocenters. The molecule has 5 nitrogen and oxygen atoms in total. The van der Waals surface area contributed by atoms with Crippen molar-refractivity contribution >= 4 is 11.9 Å². The van der Waals surface area contributed by atoms with Gasteiger partial charge in [-0.3, -0.25) is 9.78 Å². The van der Waals surface area contributed by atoms with E-state index in [0.717, 1.165) is 0 Å². The molecule has 0 radical (unpaired) electrons. The first-order chi connectivity index (χ1) is 8.50. The van der Waals surface area contributed by atoms with Gasteiger partial charge in [-0.25, -0.2) is 4.79 Å². The summed E-state index contributed by atoms with van der Waals surface area (Å²) >= 11 is 0. The molecule has 0 N–H and O–H groups in total. The van der Waals surface area contributed by atoms with Gasteiger partial charge in [0.1, 0.15) is 0 Å². The second-order valence-corrected chi connectivity index (χ2v) is 4.29. The molecule has 0 saturated carbocycles. The van der Waals surface area contributed by atoms with Gasteiger partial charge in [0.05, 0.1) is 6.61 Å². The van der Waals surface area contributed by atoms with Gasteiger partial charge < -0.3 is 9.47 Å². The maximum Gasteiger partial charge on any atom is 0.352 e. The summed E-state index contributed by atoms with van der Waals surface area (Å²) in [4.78, 5) is 26.7. The van der Waals surface area contributed by atoms with Gasteiger partial charge in [-0.2, -0.15) is 0 Å². The number of carbonyl (C=O) groups excluding carboxylic acids is 2. The standard InChI is InChI=1S/C13H17NO4/c1-9(2)8-17-13(16)12(18-10(3)15)11-4-6-14-7-5-11/h4-7,9,12H,8H2,1-3H3. The van der Waals surface area contributed by atoms with Crippen LogP contribution in [0.2, 0.25) is 0 Å². The Morgan fingerprint density at radius 1 is 1.28 bits per heavy atom. The predicted octanol–water partition coefficient (Wildman–Crippen LogP) is 1.89. The van der Waals surface area contributed by atoms with Crippen LogP contribution in [0.25, 0.3) is 0 Å². The molecule has 1 unspecified atom stereocenters. The highest BCUT2D eigenvalue weighted by Gasteiger charge is 2.25. The summed E-state index contributed by atoms with van der Waals surface area (Å²) in [5, 5.41) is 0. The molecule has 0 amide bonds. The molecule has 1 rings (SSSR count). The molecule has 0 saturated heterocycles. The molecule has 1 heterocycles. The molecule has 0 aliphatic heterocycles. The van der Waals surface area contributed by atoms with Gasteiger partial charge in [0.2, 0.25) is 6.10 Å². The molecule has 0 aromatic carbocycles. The minimum absolute atomic E-state index is 0.226. The smallest absolute Gasteiger partial charge is 0.352 e. The third kappa shape index (κ3) is 4.53. The van der Waals surface area contributed by atoms with Gasteiger partial charge >= 0.3 is 11.9 Å². The van der Waals surface area contributed by atoms with Crippen LogP contribution in [0.15, 0.2) is 24.5 Å². The van der Waals surface area contributed by atoms with Gasteiger partial charge in [-0.1, -0.05) is 13.8 Å². The first kappa shape index (κ1) is 14.2. The van der Waals surface area contributed by atoms with Crippen molar-refractivity contribution in [2.45, 2.75) is 26.9 Å². The number of nitrogens with zero attached hydrogens (tertiary/aromatic N) is 1. The normalized spacial score (nSPS) is 12.0. The van der Waals surface area contributed by atoms with Crippen LogP contribution >= 0.6 is 0 Å². The van der Waals surface area contributed by atoms with E-state index in [1.165, 1.54) is 19.3 Å². The fourth-order valence-corrected chi connectivity index (χ4v) is 1.28. The Kier molecular flexibility index (Phi) is 5.30. The highest BCUT2D eigenvalue weighted by atomic mass is 16.6. The zero-order chi connectivity index (χ0) is 13.5. The van der Waals surface area contributed by atoms with Crippen LogP contribution in [0.4, 0.5) is 0 Å². The molecule has 18 heavy (non-hydrogen) atoms. The summed E-state index contributed by atoms with van der Waals surface area (Å²) in [7, 11) is 0. The lowest BCUT2D eigenvalue weighted by atomic mass is 10.1. The average molecular weight is 251 g/mol. The van der Waals surface area contributed by atoms with Crippen LogP contribution in [0.3, 0.4) is 0 Å². The predicted molar refractivity (Wildman–Crippen MR) is 64.5 cm³/mol. The van der Waals surface area contributed by atoms with Crippen molar-refractivity contribution in [2.24, 2.45) is 5.92 Å². The quantitative estimate of drug-likeness (QED) is 0.747. The van der Waals surface area contributed by atoms with Crippen molar-refractivity contribution in [2.75, 3.05) is 6.61 Å². The number of ether oxygens (including phenoxy) is 2. The number of pyridine rings is 1. The lowest BCUT2D eigenvalue weighted by molar-refractivity contribution is -0.168. The highest BCUT2D eigenvalue weighted by Crippen LogP contribution is 2.19. The lowest BCUT2D eigenvalue weighted by Gasteiger charge is -2.16.